The SMILES string of the molecule is CC(C)n1nc(Cl)c2cc(COc3ccc4cc(C=O)ccc4c3)cnc21. The van der Waals surface area contributed by atoms with Crippen LogP contribution in [-0.4, -0.2) is 21.1 Å². The Morgan fingerprint density at radius 1 is 1.15 bits per heavy atom. The van der Waals surface area contributed by atoms with Gasteiger partial charge in [0.15, 0.2) is 10.8 Å². The van der Waals surface area contributed by atoms with Gasteiger partial charge in [0.05, 0.1) is 5.39 Å². The first kappa shape index (κ1) is 17.5. The van der Waals surface area contributed by atoms with E-state index in [1.54, 1.807) is 12.3 Å². The van der Waals surface area contributed by atoms with Crippen LogP contribution >= 0.6 is 11.6 Å². The molecule has 0 fully saturated rings. The van der Waals surface area contributed by atoms with Crippen molar-refractivity contribution in [3.63, 3.8) is 0 Å². The molecule has 0 unspecified atom stereocenters. The molecule has 0 aliphatic carbocycles. The van der Waals surface area contributed by atoms with Gasteiger partial charge in [-0.05, 0) is 48.9 Å². The highest BCUT2D eigenvalue weighted by Gasteiger charge is 2.13. The van der Waals surface area contributed by atoms with Crippen LogP contribution in [0.1, 0.15) is 35.8 Å². The van der Waals surface area contributed by atoms with Crippen LogP contribution in [0.4, 0.5) is 0 Å². The molecule has 2 aromatic carbocycles. The van der Waals surface area contributed by atoms with Crippen molar-refractivity contribution in [3.8, 4) is 5.75 Å². The molecule has 27 heavy (non-hydrogen) atoms. The molecule has 0 spiro atoms. The van der Waals surface area contributed by atoms with Crippen LogP contribution in [0.2, 0.25) is 5.15 Å². The zero-order chi connectivity index (χ0) is 19.0. The highest BCUT2D eigenvalue weighted by atomic mass is 35.5. The van der Waals surface area contributed by atoms with E-state index in [9.17, 15) is 4.79 Å². The first-order valence-electron chi connectivity index (χ1n) is 8.69. The molecule has 4 aromatic rings. The minimum atomic E-state index is 0.187. The molecule has 0 saturated carbocycles. The number of aldehydes is 1. The normalized spacial score (nSPS) is 11.4. The van der Waals surface area contributed by atoms with Gasteiger partial charge in [0.1, 0.15) is 18.6 Å². The average molecular weight is 380 g/mol. The average Bonchev–Trinajstić information content (AvgIpc) is 3.02. The molecule has 2 aromatic heterocycles. The van der Waals surface area contributed by atoms with Crippen molar-refractivity contribution in [2.24, 2.45) is 0 Å². The fraction of sp³-hybridized carbons (Fsp3) is 0.190. The quantitative estimate of drug-likeness (QED) is 0.446. The number of ether oxygens (including phenoxy) is 1. The zero-order valence-corrected chi connectivity index (χ0v) is 15.8. The van der Waals surface area contributed by atoms with Crippen molar-refractivity contribution < 1.29 is 9.53 Å². The van der Waals surface area contributed by atoms with Crippen LogP contribution in [-0.2, 0) is 6.61 Å². The van der Waals surface area contributed by atoms with Gasteiger partial charge in [-0.3, -0.25) is 4.79 Å². The molecule has 0 radical (unpaired) electrons. The number of rotatable bonds is 5. The third kappa shape index (κ3) is 3.38. The fourth-order valence-electron chi connectivity index (χ4n) is 3.04. The predicted molar refractivity (Wildman–Crippen MR) is 107 cm³/mol. The van der Waals surface area contributed by atoms with E-state index >= 15 is 0 Å². The van der Waals surface area contributed by atoms with Gasteiger partial charge in [0, 0.05) is 23.4 Å². The molecule has 0 atom stereocenters. The van der Waals surface area contributed by atoms with E-state index in [0.717, 1.165) is 39.4 Å². The molecule has 0 aliphatic heterocycles. The number of benzene rings is 2. The topological polar surface area (TPSA) is 57.0 Å². The first-order valence-corrected chi connectivity index (χ1v) is 9.07. The van der Waals surface area contributed by atoms with E-state index in [1.807, 2.05) is 54.9 Å². The molecule has 2 heterocycles. The van der Waals surface area contributed by atoms with Crippen molar-refractivity contribution in [3.05, 3.63) is 64.9 Å². The van der Waals surface area contributed by atoms with Gasteiger partial charge >= 0.3 is 0 Å². The molecule has 136 valence electrons. The molecular weight excluding hydrogens is 362 g/mol. The van der Waals surface area contributed by atoms with Crippen molar-refractivity contribution in [1.82, 2.24) is 14.8 Å². The van der Waals surface area contributed by atoms with E-state index in [1.165, 1.54) is 0 Å². The van der Waals surface area contributed by atoms with Gasteiger partial charge in [-0.25, -0.2) is 9.67 Å². The van der Waals surface area contributed by atoms with Gasteiger partial charge in [0.25, 0.3) is 0 Å². The summed E-state index contributed by atoms with van der Waals surface area (Å²) in [5, 5.41) is 7.65. The molecule has 4 rings (SSSR count). The number of hydrogen-bond acceptors (Lipinski definition) is 4. The minimum absolute atomic E-state index is 0.187. The number of carbonyl (C=O) groups excluding carboxylic acids is 1. The van der Waals surface area contributed by atoms with Gasteiger partial charge in [-0.2, -0.15) is 5.10 Å². The number of hydrogen-bond donors (Lipinski definition) is 0. The number of aromatic nitrogens is 3. The molecule has 0 saturated heterocycles. The minimum Gasteiger partial charge on any atom is -0.489 e. The maximum Gasteiger partial charge on any atom is 0.160 e. The monoisotopic (exact) mass is 379 g/mol. The Morgan fingerprint density at radius 3 is 2.70 bits per heavy atom. The highest BCUT2D eigenvalue weighted by molar-refractivity contribution is 6.34. The Hall–Kier alpha value is -2.92. The van der Waals surface area contributed by atoms with Crippen molar-refractivity contribution in [1.29, 1.82) is 0 Å². The summed E-state index contributed by atoms with van der Waals surface area (Å²) in [4.78, 5) is 15.4. The Balaban J connectivity index is 1.57. The Kier molecular flexibility index (Phi) is 4.54. The number of fused-ring (bicyclic) bond motifs is 2. The number of nitrogens with zero attached hydrogens (tertiary/aromatic N) is 3. The first-order chi connectivity index (χ1) is 13.0. The van der Waals surface area contributed by atoms with Crippen LogP contribution < -0.4 is 4.74 Å². The molecule has 0 bridgehead atoms. The van der Waals surface area contributed by atoms with Gasteiger partial charge in [-0.1, -0.05) is 29.8 Å². The summed E-state index contributed by atoms with van der Waals surface area (Å²) in [5.41, 5.74) is 2.36. The van der Waals surface area contributed by atoms with E-state index < -0.39 is 0 Å². The summed E-state index contributed by atoms with van der Waals surface area (Å²) in [6, 6.07) is 13.5. The largest absolute Gasteiger partial charge is 0.489 e. The third-order valence-corrected chi connectivity index (χ3v) is 4.70. The van der Waals surface area contributed by atoms with Crippen molar-refractivity contribution in [2.45, 2.75) is 26.5 Å². The smallest absolute Gasteiger partial charge is 0.160 e. The Labute approximate surface area is 161 Å². The molecule has 5 nitrogen and oxygen atoms in total. The van der Waals surface area contributed by atoms with E-state index in [4.69, 9.17) is 16.3 Å². The van der Waals surface area contributed by atoms with Crippen molar-refractivity contribution >= 4 is 39.7 Å². The van der Waals surface area contributed by atoms with Gasteiger partial charge in [0.2, 0.25) is 0 Å². The predicted octanol–water partition coefficient (Wildman–Crippen LogP) is 5.21. The number of pyridine rings is 1. The Morgan fingerprint density at radius 2 is 1.93 bits per heavy atom. The van der Waals surface area contributed by atoms with E-state index in [-0.39, 0.29) is 6.04 Å². The van der Waals surface area contributed by atoms with E-state index in [2.05, 4.69) is 10.1 Å². The zero-order valence-electron chi connectivity index (χ0n) is 15.0. The molecule has 0 N–H and O–H groups in total. The van der Waals surface area contributed by atoms with Crippen molar-refractivity contribution in [2.75, 3.05) is 0 Å². The summed E-state index contributed by atoms with van der Waals surface area (Å²) in [7, 11) is 0. The lowest BCUT2D eigenvalue weighted by Gasteiger charge is -2.09. The number of carbonyl (C=O) groups is 1. The number of halogens is 1. The maximum absolute atomic E-state index is 10.9. The lowest BCUT2D eigenvalue weighted by molar-refractivity contribution is 0.112. The van der Waals surface area contributed by atoms with Gasteiger partial charge in [-0.15, -0.1) is 0 Å². The van der Waals surface area contributed by atoms with E-state index in [0.29, 0.717) is 17.3 Å². The summed E-state index contributed by atoms with van der Waals surface area (Å²) in [6.07, 6.45) is 2.64. The molecule has 0 aliphatic rings. The standard InChI is InChI=1S/C21H18ClN3O2/c1-13(2)25-21-19(20(22)24-25)8-15(10-23-21)12-27-18-6-5-16-7-14(11-26)3-4-17(16)9-18/h3-11,13H,12H2,1-2H3. The summed E-state index contributed by atoms with van der Waals surface area (Å²) in [6.45, 7) is 4.46. The maximum atomic E-state index is 10.9. The highest BCUT2D eigenvalue weighted by Crippen LogP contribution is 2.26. The van der Waals surface area contributed by atoms with Crippen LogP contribution in [0, 0.1) is 0 Å². The van der Waals surface area contributed by atoms with Crippen LogP contribution in [0.5, 0.6) is 5.75 Å². The second-order valence-corrected chi connectivity index (χ2v) is 7.08. The lowest BCUT2D eigenvalue weighted by Crippen LogP contribution is -2.03. The summed E-state index contributed by atoms with van der Waals surface area (Å²) < 4.78 is 7.74. The van der Waals surface area contributed by atoms with Gasteiger partial charge < -0.3 is 4.74 Å². The molecular formula is C21H18ClN3O2. The second kappa shape index (κ2) is 7.00. The van der Waals surface area contributed by atoms with Crippen LogP contribution in [0.3, 0.4) is 0 Å². The third-order valence-electron chi connectivity index (χ3n) is 4.42. The molecule has 0 amide bonds. The Bertz CT molecular complexity index is 1150. The fourth-order valence-corrected chi connectivity index (χ4v) is 3.26. The van der Waals surface area contributed by atoms with Crippen LogP contribution in [0.25, 0.3) is 21.8 Å². The second-order valence-electron chi connectivity index (χ2n) is 6.72. The molecule has 6 heteroatoms. The lowest BCUT2D eigenvalue weighted by atomic mass is 10.1. The summed E-state index contributed by atoms with van der Waals surface area (Å²) in [5.74, 6) is 0.755. The van der Waals surface area contributed by atoms with Crippen LogP contribution in [0.15, 0.2) is 48.7 Å². The summed E-state index contributed by atoms with van der Waals surface area (Å²) >= 11 is 6.26.